The topological polar surface area (TPSA) is 82.6 Å². The van der Waals surface area contributed by atoms with E-state index in [-0.39, 0.29) is 17.4 Å². The average molecular weight is 437 g/mol. The van der Waals surface area contributed by atoms with Gasteiger partial charge in [0.1, 0.15) is 5.75 Å². The molecule has 170 valence electrons. The van der Waals surface area contributed by atoms with Gasteiger partial charge in [0, 0.05) is 49.1 Å². The van der Waals surface area contributed by atoms with Crippen LogP contribution in [0.1, 0.15) is 65.6 Å². The number of ether oxygens (including phenoxy) is 1. The first-order chi connectivity index (χ1) is 15.3. The molecular formula is C26H32N2O4. The minimum Gasteiger partial charge on any atom is -0.496 e. The molecule has 0 fully saturated rings. The number of benzene rings is 2. The van der Waals surface area contributed by atoms with Crippen LogP contribution in [0.15, 0.2) is 42.6 Å². The van der Waals surface area contributed by atoms with E-state index in [1.54, 1.807) is 38.2 Å². The van der Waals surface area contributed by atoms with Crippen LogP contribution in [0, 0.1) is 0 Å². The maximum absolute atomic E-state index is 11.9. The molecule has 6 heteroatoms. The maximum Gasteiger partial charge on any atom is 0.335 e. The molecule has 1 unspecified atom stereocenters. The van der Waals surface area contributed by atoms with Crippen LogP contribution in [0.4, 0.5) is 0 Å². The molecule has 2 N–H and O–H groups in total. The fourth-order valence-corrected chi connectivity index (χ4v) is 4.20. The van der Waals surface area contributed by atoms with Gasteiger partial charge in [-0.1, -0.05) is 25.5 Å². The number of amides is 1. The summed E-state index contributed by atoms with van der Waals surface area (Å²) in [6.07, 6.45) is 6.14. The zero-order valence-corrected chi connectivity index (χ0v) is 19.3. The molecule has 0 aliphatic rings. The lowest BCUT2D eigenvalue weighted by atomic mass is 9.86. The van der Waals surface area contributed by atoms with Crippen molar-refractivity contribution in [1.29, 1.82) is 0 Å². The number of H-pyrrole nitrogens is 1. The molecule has 0 aliphatic heterocycles. The van der Waals surface area contributed by atoms with Crippen LogP contribution >= 0.6 is 0 Å². The van der Waals surface area contributed by atoms with E-state index in [1.807, 2.05) is 6.07 Å². The first kappa shape index (κ1) is 23.4. The number of rotatable bonds is 10. The van der Waals surface area contributed by atoms with Crippen LogP contribution in [-0.2, 0) is 11.2 Å². The van der Waals surface area contributed by atoms with E-state index in [2.05, 4.69) is 36.3 Å². The lowest BCUT2D eigenvalue weighted by molar-refractivity contribution is -0.128. The SMILES string of the molecule is CCCC(c1ccc(C(=O)O)cc1OC)c1c[nH]c2ccc(CCCC(=O)N(C)C)cc12. The van der Waals surface area contributed by atoms with Crippen LogP contribution in [-0.4, -0.2) is 48.1 Å². The normalized spacial score (nSPS) is 12.0. The lowest BCUT2D eigenvalue weighted by Gasteiger charge is -2.20. The van der Waals surface area contributed by atoms with Gasteiger partial charge in [-0.25, -0.2) is 4.79 Å². The summed E-state index contributed by atoms with van der Waals surface area (Å²) in [7, 11) is 5.15. The van der Waals surface area contributed by atoms with Crippen molar-refractivity contribution >= 4 is 22.8 Å². The Bertz CT molecular complexity index is 1100. The van der Waals surface area contributed by atoms with Gasteiger partial charge < -0.3 is 19.7 Å². The average Bonchev–Trinajstić information content (AvgIpc) is 3.19. The molecule has 0 saturated heterocycles. The van der Waals surface area contributed by atoms with Crippen molar-refractivity contribution in [1.82, 2.24) is 9.88 Å². The highest BCUT2D eigenvalue weighted by Gasteiger charge is 2.22. The highest BCUT2D eigenvalue weighted by atomic mass is 16.5. The van der Waals surface area contributed by atoms with Gasteiger partial charge in [0.25, 0.3) is 0 Å². The second kappa shape index (κ2) is 10.4. The molecule has 1 heterocycles. The quantitative estimate of drug-likeness (QED) is 0.457. The number of aryl methyl sites for hydroxylation is 1. The van der Waals surface area contributed by atoms with E-state index in [0.717, 1.165) is 42.1 Å². The number of nitrogens with zero attached hydrogens (tertiary/aromatic N) is 1. The van der Waals surface area contributed by atoms with Crippen molar-refractivity contribution < 1.29 is 19.4 Å². The third-order valence-electron chi connectivity index (χ3n) is 5.94. The standard InChI is InChI=1S/C26H32N2O4/c1-5-7-19(20-12-11-18(26(30)31)15-24(20)32-4)22-16-27-23-13-10-17(14-21(22)23)8-6-9-25(29)28(2)3/h10-16,19,27H,5-9H2,1-4H3,(H,30,31). The fourth-order valence-electron chi connectivity index (χ4n) is 4.20. The molecular weight excluding hydrogens is 404 g/mol. The van der Waals surface area contributed by atoms with Crippen molar-refractivity contribution in [3.05, 3.63) is 64.8 Å². The Morgan fingerprint density at radius 2 is 1.91 bits per heavy atom. The Labute approximate surface area is 189 Å². The predicted octanol–water partition coefficient (Wildman–Crippen LogP) is 5.22. The van der Waals surface area contributed by atoms with E-state index < -0.39 is 5.97 Å². The van der Waals surface area contributed by atoms with Crippen molar-refractivity contribution in [2.75, 3.05) is 21.2 Å². The third kappa shape index (κ3) is 5.13. The Morgan fingerprint density at radius 1 is 1.12 bits per heavy atom. The Hall–Kier alpha value is -3.28. The van der Waals surface area contributed by atoms with E-state index in [4.69, 9.17) is 4.74 Å². The van der Waals surface area contributed by atoms with Crippen LogP contribution in [0.25, 0.3) is 10.9 Å². The second-order valence-electron chi connectivity index (χ2n) is 8.37. The predicted molar refractivity (Wildman–Crippen MR) is 127 cm³/mol. The molecule has 1 amide bonds. The number of methoxy groups -OCH3 is 1. The number of aromatic amines is 1. The smallest absolute Gasteiger partial charge is 0.335 e. The van der Waals surface area contributed by atoms with E-state index in [0.29, 0.717) is 12.2 Å². The summed E-state index contributed by atoms with van der Waals surface area (Å²) in [6.45, 7) is 2.15. The van der Waals surface area contributed by atoms with Crippen molar-refractivity contribution in [3.63, 3.8) is 0 Å². The number of carbonyl (C=O) groups excluding carboxylic acids is 1. The number of carboxylic acid groups (broad SMARTS) is 1. The Kier molecular flexibility index (Phi) is 7.57. The summed E-state index contributed by atoms with van der Waals surface area (Å²) < 4.78 is 5.58. The molecule has 32 heavy (non-hydrogen) atoms. The molecule has 2 aromatic carbocycles. The maximum atomic E-state index is 11.9. The molecule has 1 aromatic heterocycles. The summed E-state index contributed by atoms with van der Waals surface area (Å²) in [6, 6.07) is 11.5. The van der Waals surface area contributed by atoms with Gasteiger partial charge in [0.15, 0.2) is 0 Å². The van der Waals surface area contributed by atoms with Crippen molar-refractivity contribution in [2.24, 2.45) is 0 Å². The van der Waals surface area contributed by atoms with Crippen LogP contribution in [0.5, 0.6) is 5.75 Å². The van der Waals surface area contributed by atoms with E-state index in [1.165, 1.54) is 11.1 Å². The fraction of sp³-hybridized carbons (Fsp3) is 0.385. The van der Waals surface area contributed by atoms with Crippen LogP contribution in [0.2, 0.25) is 0 Å². The second-order valence-corrected chi connectivity index (χ2v) is 8.37. The van der Waals surface area contributed by atoms with E-state index >= 15 is 0 Å². The van der Waals surface area contributed by atoms with Gasteiger partial charge >= 0.3 is 5.97 Å². The first-order valence-electron chi connectivity index (χ1n) is 11.1. The summed E-state index contributed by atoms with van der Waals surface area (Å²) in [5.41, 5.74) is 4.65. The Balaban J connectivity index is 1.95. The highest BCUT2D eigenvalue weighted by Crippen LogP contribution is 2.39. The summed E-state index contributed by atoms with van der Waals surface area (Å²) in [4.78, 5) is 28.3. The monoisotopic (exact) mass is 436 g/mol. The third-order valence-corrected chi connectivity index (χ3v) is 5.94. The molecule has 0 spiro atoms. The minimum absolute atomic E-state index is 0.0807. The van der Waals surface area contributed by atoms with Crippen molar-refractivity contribution in [2.45, 2.75) is 44.9 Å². The van der Waals surface area contributed by atoms with Crippen LogP contribution < -0.4 is 4.74 Å². The van der Waals surface area contributed by atoms with Gasteiger partial charge in [-0.3, -0.25) is 4.79 Å². The molecule has 0 radical (unpaired) electrons. The summed E-state index contributed by atoms with van der Waals surface area (Å²) >= 11 is 0. The minimum atomic E-state index is -0.966. The highest BCUT2D eigenvalue weighted by molar-refractivity contribution is 5.89. The number of aromatic nitrogens is 1. The molecule has 0 saturated carbocycles. The molecule has 6 nitrogen and oxygen atoms in total. The zero-order chi connectivity index (χ0) is 23.3. The molecule has 3 rings (SSSR count). The van der Waals surface area contributed by atoms with E-state index in [9.17, 15) is 14.7 Å². The zero-order valence-electron chi connectivity index (χ0n) is 19.3. The largest absolute Gasteiger partial charge is 0.496 e. The molecule has 0 bridgehead atoms. The van der Waals surface area contributed by atoms with Gasteiger partial charge in [-0.2, -0.15) is 0 Å². The molecule has 3 aromatic rings. The lowest BCUT2D eigenvalue weighted by Crippen LogP contribution is -2.21. The summed E-state index contributed by atoms with van der Waals surface area (Å²) in [5.74, 6) is -0.145. The Morgan fingerprint density at radius 3 is 2.56 bits per heavy atom. The number of fused-ring (bicyclic) bond motifs is 1. The number of carbonyl (C=O) groups is 2. The van der Waals surface area contributed by atoms with Gasteiger partial charge in [0.05, 0.1) is 12.7 Å². The van der Waals surface area contributed by atoms with Gasteiger partial charge in [-0.15, -0.1) is 0 Å². The molecule has 0 aliphatic carbocycles. The number of carboxylic acids is 1. The van der Waals surface area contributed by atoms with Gasteiger partial charge in [-0.05, 0) is 54.7 Å². The number of aromatic carboxylic acids is 1. The van der Waals surface area contributed by atoms with Crippen LogP contribution in [0.3, 0.4) is 0 Å². The number of nitrogens with one attached hydrogen (secondary N) is 1. The van der Waals surface area contributed by atoms with Gasteiger partial charge in [0.2, 0.25) is 5.91 Å². The molecule has 1 atom stereocenters. The van der Waals surface area contributed by atoms with Crippen molar-refractivity contribution in [3.8, 4) is 5.75 Å². The first-order valence-corrected chi connectivity index (χ1v) is 11.1. The number of hydrogen-bond donors (Lipinski definition) is 2. The summed E-state index contributed by atoms with van der Waals surface area (Å²) in [5, 5.41) is 10.5. The number of hydrogen-bond acceptors (Lipinski definition) is 3.